The number of piperidine rings is 1. The minimum absolute atomic E-state index is 0.0667. The highest BCUT2D eigenvalue weighted by Crippen LogP contribution is 2.12. The Morgan fingerprint density at radius 3 is 3.19 bits per heavy atom. The second-order valence-electron chi connectivity index (χ2n) is 4.05. The van der Waals surface area contributed by atoms with Gasteiger partial charge in [-0.05, 0) is 26.3 Å². The van der Waals surface area contributed by atoms with Crippen LogP contribution in [0.1, 0.15) is 19.8 Å². The second kappa shape index (κ2) is 7.41. The summed E-state index contributed by atoms with van der Waals surface area (Å²) in [4.78, 5) is 13.6. The zero-order chi connectivity index (χ0) is 11.8. The van der Waals surface area contributed by atoms with Gasteiger partial charge in [0.2, 0.25) is 5.91 Å². The lowest BCUT2D eigenvalue weighted by atomic mass is 10.1. The Labute approximate surface area is 97.6 Å². The first-order valence-electron chi connectivity index (χ1n) is 5.97. The maximum absolute atomic E-state index is 11.5. The summed E-state index contributed by atoms with van der Waals surface area (Å²) in [6.45, 7) is 9.20. The van der Waals surface area contributed by atoms with Crippen molar-refractivity contribution in [3.63, 3.8) is 0 Å². The third kappa shape index (κ3) is 4.77. The molecule has 1 saturated heterocycles. The van der Waals surface area contributed by atoms with Crippen LogP contribution in [0.15, 0.2) is 12.7 Å². The number of likely N-dealkylation sites (tertiary alicyclic amines) is 1. The number of amides is 1. The van der Waals surface area contributed by atoms with Gasteiger partial charge < -0.3 is 10.1 Å². The van der Waals surface area contributed by atoms with Crippen LogP contribution in [0.5, 0.6) is 0 Å². The number of hydrogen-bond acceptors (Lipinski definition) is 3. The first-order valence-corrected chi connectivity index (χ1v) is 5.97. The van der Waals surface area contributed by atoms with E-state index in [-0.39, 0.29) is 5.91 Å². The van der Waals surface area contributed by atoms with E-state index in [2.05, 4.69) is 16.8 Å². The van der Waals surface area contributed by atoms with E-state index in [1.807, 2.05) is 6.92 Å². The molecule has 1 rings (SSSR count). The van der Waals surface area contributed by atoms with Gasteiger partial charge in [0.25, 0.3) is 0 Å². The molecule has 1 atom stereocenters. The summed E-state index contributed by atoms with van der Waals surface area (Å²) in [5, 5.41) is 2.79. The van der Waals surface area contributed by atoms with Crippen molar-refractivity contribution in [2.75, 3.05) is 32.8 Å². The summed E-state index contributed by atoms with van der Waals surface area (Å²) >= 11 is 0. The summed E-state index contributed by atoms with van der Waals surface area (Å²) in [5.41, 5.74) is 0. The van der Waals surface area contributed by atoms with Crippen molar-refractivity contribution in [1.29, 1.82) is 0 Å². The van der Waals surface area contributed by atoms with E-state index >= 15 is 0 Å². The summed E-state index contributed by atoms with van der Waals surface area (Å²) in [7, 11) is 0. The van der Waals surface area contributed by atoms with Gasteiger partial charge in [0.15, 0.2) is 0 Å². The number of ether oxygens (including phenoxy) is 1. The normalized spacial score (nSPS) is 21.7. The molecule has 1 aliphatic heterocycles. The Morgan fingerprint density at radius 1 is 1.69 bits per heavy atom. The molecule has 0 aromatic carbocycles. The highest BCUT2D eigenvalue weighted by Gasteiger charge is 2.21. The van der Waals surface area contributed by atoms with Gasteiger partial charge in [0.05, 0.1) is 12.6 Å². The average Bonchev–Trinajstić information content (AvgIpc) is 2.27. The van der Waals surface area contributed by atoms with E-state index in [1.54, 1.807) is 6.08 Å². The van der Waals surface area contributed by atoms with Crippen LogP contribution < -0.4 is 5.32 Å². The first kappa shape index (κ1) is 13.2. The molecule has 0 aromatic rings. The topological polar surface area (TPSA) is 41.6 Å². The third-order valence-corrected chi connectivity index (χ3v) is 2.68. The molecule has 92 valence electrons. The zero-order valence-corrected chi connectivity index (χ0v) is 10.1. The van der Waals surface area contributed by atoms with Crippen molar-refractivity contribution in [2.45, 2.75) is 25.9 Å². The molecule has 0 saturated carbocycles. The summed E-state index contributed by atoms with van der Waals surface area (Å²) in [6.07, 6.45) is 4.21. The first-order chi connectivity index (χ1) is 7.76. The molecule has 1 N–H and O–H groups in total. The summed E-state index contributed by atoms with van der Waals surface area (Å²) < 4.78 is 5.59. The van der Waals surface area contributed by atoms with Crippen molar-refractivity contribution in [1.82, 2.24) is 10.2 Å². The predicted molar refractivity (Wildman–Crippen MR) is 64.3 cm³/mol. The van der Waals surface area contributed by atoms with Gasteiger partial charge in [0, 0.05) is 19.7 Å². The van der Waals surface area contributed by atoms with Crippen molar-refractivity contribution in [2.24, 2.45) is 0 Å². The number of nitrogens with zero attached hydrogens (tertiary/aromatic N) is 1. The van der Waals surface area contributed by atoms with Crippen molar-refractivity contribution >= 4 is 5.91 Å². The molecule has 0 unspecified atom stereocenters. The molecule has 0 aromatic heterocycles. The van der Waals surface area contributed by atoms with Gasteiger partial charge in [-0.25, -0.2) is 0 Å². The molecular weight excluding hydrogens is 204 g/mol. The monoisotopic (exact) mass is 226 g/mol. The molecule has 1 heterocycles. The standard InChI is InChI=1S/C12H22N2O2/c1-3-7-13-12(15)10-14-8-5-6-11(9-14)16-4-2/h3,11H,1,4-10H2,2H3,(H,13,15)/t11-/m0/s1. The number of nitrogens with one attached hydrogen (secondary N) is 1. The van der Waals surface area contributed by atoms with Crippen LogP contribution >= 0.6 is 0 Å². The fraction of sp³-hybridized carbons (Fsp3) is 0.750. The lowest BCUT2D eigenvalue weighted by Crippen LogP contribution is -2.45. The van der Waals surface area contributed by atoms with Crippen LogP contribution in [0.3, 0.4) is 0 Å². The molecule has 1 fully saturated rings. The van der Waals surface area contributed by atoms with Gasteiger partial charge in [-0.15, -0.1) is 6.58 Å². The number of hydrogen-bond donors (Lipinski definition) is 1. The van der Waals surface area contributed by atoms with E-state index in [1.165, 1.54) is 0 Å². The van der Waals surface area contributed by atoms with Gasteiger partial charge in [-0.3, -0.25) is 9.69 Å². The van der Waals surface area contributed by atoms with Gasteiger partial charge in [-0.1, -0.05) is 6.08 Å². The summed E-state index contributed by atoms with van der Waals surface area (Å²) in [5.74, 6) is 0.0667. The minimum atomic E-state index is 0.0667. The molecule has 1 amide bonds. The maximum atomic E-state index is 11.5. The van der Waals surface area contributed by atoms with E-state index < -0.39 is 0 Å². The van der Waals surface area contributed by atoms with E-state index in [9.17, 15) is 4.79 Å². The number of carbonyl (C=O) groups excluding carboxylic acids is 1. The second-order valence-corrected chi connectivity index (χ2v) is 4.05. The van der Waals surface area contributed by atoms with Crippen LogP contribution in [0.4, 0.5) is 0 Å². The van der Waals surface area contributed by atoms with Gasteiger partial charge in [0.1, 0.15) is 0 Å². The van der Waals surface area contributed by atoms with Crippen LogP contribution in [-0.4, -0.2) is 49.7 Å². The molecule has 0 radical (unpaired) electrons. The molecular formula is C12H22N2O2. The van der Waals surface area contributed by atoms with Crippen molar-refractivity contribution in [3.05, 3.63) is 12.7 Å². The van der Waals surface area contributed by atoms with Crippen LogP contribution in [0.25, 0.3) is 0 Å². The molecule has 0 spiro atoms. The molecule has 0 aliphatic carbocycles. The SMILES string of the molecule is C=CCNC(=O)CN1CCC[C@H](OCC)C1. The van der Waals surface area contributed by atoms with Gasteiger partial charge in [-0.2, -0.15) is 0 Å². The lowest BCUT2D eigenvalue weighted by molar-refractivity contribution is -0.123. The smallest absolute Gasteiger partial charge is 0.234 e. The Morgan fingerprint density at radius 2 is 2.50 bits per heavy atom. The molecule has 4 nitrogen and oxygen atoms in total. The maximum Gasteiger partial charge on any atom is 0.234 e. The highest BCUT2D eigenvalue weighted by atomic mass is 16.5. The number of rotatable bonds is 6. The van der Waals surface area contributed by atoms with Crippen molar-refractivity contribution in [3.8, 4) is 0 Å². The quantitative estimate of drug-likeness (QED) is 0.681. The van der Waals surface area contributed by atoms with Crippen LogP contribution in [0, 0.1) is 0 Å². The number of carbonyl (C=O) groups is 1. The minimum Gasteiger partial charge on any atom is -0.377 e. The molecule has 0 bridgehead atoms. The van der Waals surface area contributed by atoms with Crippen molar-refractivity contribution < 1.29 is 9.53 Å². The fourth-order valence-corrected chi connectivity index (χ4v) is 1.97. The Kier molecular flexibility index (Phi) is 6.11. The van der Waals surface area contributed by atoms with Crippen LogP contribution in [-0.2, 0) is 9.53 Å². The Bertz CT molecular complexity index is 229. The fourth-order valence-electron chi connectivity index (χ4n) is 1.97. The average molecular weight is 226 g/mol. The van der Waals surface area contributed by atoms with E-state index in [0.29, 0.717) is 19.2 Å². The predicted octanol–water partition coefficient (Wildman–Crippen LogP) is 0.789. The molecule has 1 aliphatic rings. The van der Waals surface area contributed by atoms with E-state index in [4.69, 9.17) is 4.74 Å². The largest absolute Gasteiger partial charge is 0.377 e. The summed E-state index contributed by atoms with van der Waals surface area (Å²) in [6, 6.07) is 0. The molecule has 4 heteroatoms. The van der Waals surface area contributed by atoms with Gasteiger partial charge >= 0.3 is 0 Å². The Balaban J connectivity index is 2.25. The molecule has 16 heavy (non-hydrogen) atoms. The zero-order valence-electron chi connectivity index (χ0n) is 10.1. The van der Waals surface area contributed by atoms with E-state index in [0.717, 1.165) is 32.5 Å². The third-order valence-electron chi connectivity index (χ3n) is 2.68. The van der Waals surface area contributed by atoms with Crippen LogP contribution in [0.2, 0.25) is 0 Å². The Hall–Kier alpha value is -0.870. The lowest BCUT2D eigenvalue weighted by Gasteiger charge is -2.31. The highest BCUT2D eigenvalue weighted by molar-refractivity contribution is 5.78.